The summed E-state index contributed by atoms with van der Waals surface area (Å²) in [6.45, 7) is 0.710. The number of methoxy groups -OCH3 is 1. The number of benzene rings is 2. The van der Waals surface area contributed by atoms with Crippen LogP contribution < -0.4 is 4.74 Å². The molecule has 1 N–H and O–H groups in total. The average molecular weight is 362 g/mol. The van der Waals surface area contributed by atoms with Crippen molar-refractivity contribution in [2.24, 2.45) is 0 Å². The van der Waals surface area contributed by atoms with Gasteiger partial charge in [0.05, 0.1) is 13.2 Å². The fourth-order valence-corrected chi connectivity index (χ4v) is 3.52. The highest BCUT2D eigenvalue weighted by molar-refractivity contribution is 5.95. The summed E-state index contributed by atoms with van der Waals surface area (Å²) in [6.07, 6.45) is 2.93. The van der Waals surface area contributed by atoms with Gasteiger partial charge in [-0.15, -0.1) is 0 Å². The van der Waals surface area contributed by atoms with Crippen molar-refractivity contribution in [2.75, 3.05) is 13.7 Å². The second kappa shape index (κ2) is 7.61. The topological polar surface area (TPSA) is 71.1 Å². The Kier molecular flexibility index (Phi) is 4.87. The van der Waals surface area contributed by atoms with E-state index in [1.54, 1.807) is 13.2 Å². The molecule has 1 saturated heterocycles. The first-order chi connectivity index (χ1) is 13.3. The maximum absolute atomic E-state index is 13.1. The molecule has 1 fully saturated rings. The van der Waals surface area contributed by atoms with Gasteiger partial charge in [-0.25, -0.2) is 4.98 Å². The normalized spacial score (nSPS) is 16.9. The first-order valence-electron chi connectivity index (χ1n) is 9.19. The molecule has 1 aliphatic rings. The summed E-state index contributed by atoms with van der Waals surface area (Å²) in [5, 5.41) is 7.41. The van der Waals surface area contributed by atoms with Crippen LogP contribution in [0.2, 0.25) is 0 Å². The van der Waals surface area contributed by atoms with E-state index < -0.39 is 0 Å². The lowest BCUT2D eigenvalue weighted by Crippen LogP contribution is -2.39. The number of carbonyl (C=O) groups is 1. The van der Waals surface area contributed by atoms with Crippen molar-refractivity contribution in [3.8, 4) is 17.1 Å². The molecule has 2 aromatic carbocycles. The number of hydrogen-bond acceptors (Lipinski definition) is 4. The fourth-order valence-electron chi connectivity index (χ4n) is 3.52. The third-order valence-corrected chi connectivity index (χ3v) is 4.93. The number of H-pyrrole nitrogens is 1. The number of nitrogens with one attached hydrogen (secondary N) is 1. The molecule has 0 spiro atoms. The number of amides is 1. The molecule has 6 heteroatoms. The lowest BCUT2D eigenvalue weighted by atomic mass is 10.00. The second-order valence-electron chi connectivity index (χ2n) is 6.65. The predicted molar refractivity (Wildman–Crippen MR) is 102 cm³/mol. The molecule has 1 aliphatic heterocycles. The first-order valence-corrected chi connectivity index (χ1v) is 9.19. The molecule has 2 heterocycles. The molecule has 1 atom stereocenters. The van der Waals surface area contributed by atoms with Gasteiger partial charge < -0.3 is 9.64 Å². The van der Waals surface area contributed by atoms with Crippen LogP contribution in [0, 0.1) is 0 Å². The van der Waals surface area contributed by atoms with Gasteiger partial charge >= 0.3 is 0 Å². The summed E-state index contributed by atoms with van der Waals surface area (Å²) in [5.74, 6) is 2.08. The van der Waals surface area contributed by atoms with E-state index >= 15 is 0 Å². The molecule has 3 aromatic rings. The van der Waals surface area contributed by atoms with E-state index in [0.717, 1.165) is 30.7 Å². The Morgan fingerprint density at radius 3 is 2.81 bits per heavy atom. The van der Waals surface area contributed by atoms with Gasteiger partial charge in [0.25, 0.3) is 5.91 Å². The van der Waals surface area contributed by atoms with Crippen LogP contribution in [0.25, 0.3) is 11.4 Å². The summed E-state index contributed by atoms with van der Waals surface area (Å²) in [7, 11) is 1.60. The summed E-state index contributed by atoms with van der Waals surface area (Å²) in [4.78, 5) is 19.7. The molecule has 1 aromatic heterocycles. The van der Waals surface area contributed by atoms with Gasteiger partial charge in [0, 0.05) is 17.7 Å². The van der Waals surface area contributed by atoms with E-state index in [9.17, 15) is 4.79 Å². The molecule has 1 amide bonds. The highest BCUT2D eigenvalue weighted by atomic mass is 16.5. The van der Waals surface area contributed by atoms with Gasteiger partial charge in [-0.3, -0.25) is 9.89 Å². The minimum Gasteiger partial charge on any atom is -0.497 e. The summed E-state index contributed by atoms with van der Waals surface area (Å²) in [5.41, 5.74) is 1.59. The van der Waals surface area contributed by atoms with E-state index in [0.29, 0.717) is 23.7 Å². The Morgan fingerprint density at radius 2 is 2.00 bits per heavy atom. The van der Waals surface area contributed by atoms with Crippen molar-refractivity contribution in [3.05, 3.63) is 66.0 Å². The SMILES string of the molecule is COc1cccc(C(=O)N2CCCCC2c2nc(-c3ccccc3)n[nH]2)c1. The van der Waals surface area contributed by atoms with Crippen LogP contribution in [0.1, 0.15) is 41.5 Å². The number of ether oxygens (including phenoxy) is 1. The zero-order valence-corrected chi connectivity index (χ0v) is 15.3. The Balaban J connectivity index is 1.61. The molecule has 27 heavy (non-hydrogen) atoms. The number of aromatic amines is 1. The van der Waals surface area contributed by atoms with Crippen molar-refractivity contribution < 1.29 is 9.53 Å². The third kappa shape index (κ3) is 3.56. The van der Waals surface area contributed by atoms with Gasteiger partial charge in [-0.1, -0.05) is 36.4 Å². The van der Waals surface area contributed by atoms with E-state index in [1.165, 1.54) is 0 Å². The van der Waals surface area contributed by atoms with Crippen molar-refractivity contribution in [3.63, 3.8) is 0 Å². The molecule has 138 valence electrons. The fraction of sp³-hybridized carbons (Fsp3) is 0.286. The quantitative estimate of drug-likeness (QED) is 0.765. The molecule has 0 bridgehead atoms. The second-order valence-corrected chi connectivity index (χ2v) is 6.65. The maximum Gasteiger partial charge on any atom is 0.254 e. The number of likely N-dealkylation sites (tertiary alicyclic amines) is 1. The van der Waals surface area contributed by atoms with Crippen LogP contribution in [-0.4, -0.2) is 39.6 Å². The van der Waals surface area contributed by atoms with E-state index in [2.05, 4.69) is 15.2 Å². The third-order valence-electron chi connectivity index (χ3n) is 4.93. The number of nitrogens with zero attached hydrogens (tertiary/aromatic N) is 3. The number of rotatable bonds is 4. The zero-order chi connectivity index (χ0) is 18.6. The Bertz CT molecular complexity index is 923. The molecule has 6 nitrogen and oxygen atoms in total. The van der Waals surface area contributed by atoms with Gasteiger partial charge in [0.15, 0.2) is 5.82 Å². The number of hydrogen-bond donors (Lipinski definition) is 1. The standard InChI is InChI=1S/C21H22N4O2/c1-27-17-11-7-10-16(14-17)21(26)25-13-6-5-12-18(25)20-22-19(23-24-20)15-8-3-2-4-9-15/h2-4,7-11,14,18H,5-6,12-13H2,1H3,(H,22,23,24). The number of aromatic nitrogens is 3. The lowest BCUT2D eigenvalue weighted by molar-refractivity contribution is 0.0600. The van der Waals surface area contributed by atoms with Gasteiger partial charge in [0.1, 0.15) is 11.6 Å². The molecular formula is C21H22N4O2. The van der Waals surface area contributed by atoms with Crippen LogP contribution in [-0.2, 0) is 0 Å². The van der Waals surface area contributed by atoms with Crippen molar-refractivity contribution in [1.82, 2.24) is 20.1 Å². The summed E-state index contributed by atoms with van der Waals surface area (Å²) < 4.78 is 5.26. The smallest absolute Gasteiger partial charge is 0.254 e. The van der Waals surface area contributed by atoms with Crippen LogP contribution in [0.15, 0.2) is 54.6 Å². The van der Waals surface area contributed by atoms with Crippen LogP contribution in [0.3, 0.4) is 0 Å². The molecule has 1 unspecified atom stereocenters. The molecule has 0 aliphatic carbocycles. The number of piperidine rings is 1. The minimum absolute atomic E-state index is 0.00346. The van der Waals surface area contributed by atoms with Gasteiger partial charge in [0.2, 0.25) is 0 Å². The van der Waals surface area contributed by atoms with Crippen molar-refractivity contribution >= 4 is 5.91 Å². The van der Waals surface area contributed by atoms with Crippen LogP contribution >= 0.6 is 0 Å². The molecule has 0 radical (unpaired) electrons. The van der Waals surface area contributed by atoms with Crippen LogP contribution in [0.5, 0.6) is 5.75 Å². The monoisotopic (exact) mass is 362 g/mol. The van der Waals surface area contributed by atoms with Gasteiger partial charge in [-0.2, -0.15) is 5.10 Å². The summed E-state index contributed by atoms with van der Waals surface area (Å²) in [6, 6.07) is 17.0. The Hall–Kier alpha value is -3.15. The maximum atomic E-state index is 13.1. The van der Waals surface area contributed by atoms with E-state index in [-0.39, 0.29) is 11.9 Å². The van der Waals surface area contributed by atoms with E-state index in [1.807, 2.05) is 53.4 Å². The average Bonchev–Trinajstić information content (AvgIpc) is 3.24. The minimum atomic E-state index is -0.0950. The lowest BCUT2D eigenvalue weighted by Gasteiger charge is -2.34. The molecule has 0 saturated carbocycles. The summed E-state index contributed by atoms with van der Waals surface area (Å²) >= 11 is 0. The molecule has 4 rings (SSSR count). The van der Waals surface area contributed by atoms with Crippen LogP contribution in [0.4, 0.5) is 0 Å². The zero-order valence-electron chi connectivity index (χ0n) is 15.3. The largest absolute Gasteiger partial charge is 0.497 e. The van der Waals surface area contributed by atoms with Crippen molar-refractivity contribution in [2.45, 2.75) is 25.3 Å². The number of carbonyl (C=O) groups excluding carboxylic acids is 1. The predicted octanol–water partition coefficient (Wildman–Crippen LogP) is 3.85. The molecular weight excluding hydrogens is 340 g/mol. The highest BCUT2D eigenvalue weighted by Gasteiger charge is 2.31. The Labute approximate surface area is 158 Å². The van der Waals surface area contributed by atoms with E-state index in [4.69, 9.17) is 4.74 Å². The highest BCUT2D eigenvalue weighted by Crippen LogP contribution is 2.31. The van der Waals surface area contributed by atoms with Gasteiger partial charge in [-0.05, 0) is 37.5 Å². The Morgan fingerprint density at radius 1 is 1.15 bits per heavy atom. The van der Waals surface area contributed by atoms with Crippen molar-refractivity contribution in [1.29, 1.82) is 0 Å². The first kappa shape index (κ1) is 17.3.